The van der Waals surface area contributed by atoms with Crippen molar-refractivity contribution in [2.24, 2.45) is 17.6 Å². The molecule has 5 heteroatoms. The minimum absolute atomic E-state index is 0.0275. The van der Waals surface area contributed by atoms with E-state index in [-0.39, 0.29) is 11.9 Å². The molecule has 0 radical (unpaired) electrons. The highest BCUT2D eigenvalue weighted by Gasteiger charge is 2.42. The maximum atomic E-state index is 12.8. The lowest BCUT2D eigenvalue weighted by atomic mass is 9.99. The van der Waals surface area contributed by atoms with Crippen LogP contribution < -0.4 is 5.73 Å². The Bertz CT molecular complexity index is 692. The molecule has 1 aliphatic heterocycles. The average Bonchev–Trinajstić information content (AvgIpc) is 3.28. The molecule has 1 saturated carbocycles. The summed E-state index contributed by atoms with van der Waals surface area (Å²) in [5, 5.41) is 0. The van der Waals surface area contributed by atoms with Crippen molar-refractivity contribution >= 4 is 16.9 Å². The van der Waals surface area contributed by atoms with Gasteiger partial charge < -0.3 is 10.6 Å². The van der Waals surface area contributed by atoms with Gasteiger partial charge in [0.15, 0.2) is 0 Å². The van der Waals surface area contributed by atoms with Crippen LogP contribution in [0.1, 0.15) is 23.2 Å². The van der Waals surface area contributed by atoms with Gasteiger partial charge in [-0.15, -0.1) is 0 Å². The van der Waals surface area contributed by atoms with Gasteiger partial charge in [-0.3, -0.25) is 14.8 Å². The fraction of sp³-hybridized carbons (Fsp3) is 0.438. The quantitative estimate of drug-likeness (QED) is 0.904. The van der Waals surface area contributed by atoms with Gasteiger partial charge in [-0.25, -0.2) is 0 Å². The Morgan fingerprint density at radius 1 is 1.19 bits per heavy atom. The number of amides is 1. The average molecular weight is 282 g/mol. The van der Waals surface area contributed by atoms with E-state index in [1.807, 2.05) is 23.1 Å². The molecule has 2 aliphatic rings. The maximum Gasteiger partial charge on any atom is 0.256 e. The SMILES string of the molecule is N[C@H]1CN(C(=O)c2cccc3nccnc23)C[C@@H]1C1CC1. The highest BCUT2D eigenvalue weighted by atomic mass is 16.2. The lowest BCUT2D eigenvalue weighted by Gasteiger charge is -2.17. The summed E-state index contributed by atoms with van der Waals surface area (Å²) >= 11 is 0. The van der Waals surface area contributed by atoms with E-state index in [4.69, 9.17) is 5.73 Å². The van der Waals surface area contributed by atoms with Crippen LogP contribution in [-0.4, -0.2) is 39.9 Å². The number of hydrogen-bond donors (Lipinski definition) is 1. The molecular formula is C16H18N4O. The van der Waals surface area contributed by atoms with Crippen LogP contribution in [0.25, 0.3) is 11.0 Å². The first-order valence-electron chi connectivity index (χ1n) is 7.48. The molecule has 2 aromatic rings. The van der Waals surface area contributed by atoms with Crippen molar-refractivity contribution in [3.63, 3.8) is 0 Å². The summed E-state index contributed by atoms with van der Waals surface area (Å²) < 4.78 is 0. The van der Waals surface area contributed by atoms with E-state index in [9.17, 15) is 4.79 Å². The van der Waals surface area contributed by atoms with Gasteiger partial charge in [0.05, 0.1) is 11.1 Å². The fourth-order valence-corrected chi connectivity index (χ4v) is 3.38. The number of hydrogen-bond acceptors (Lipinski definition) is 4. The number of para-hydroxylation sites is 1. The first-order chi connectivity index (χ1) is 10.2. The van der Waals surface area contributed by atoms with Gasteiger partial charge in [0.1, 0.15) is 5.52 Å². The Morgan fingerprint density at radius 2 is 2.00 bits per heavy atom. The van der Waals surface area contributed by atoms with Gasteiger partial charge in [-0.2, -0.15) is 0 Å². The Balaban J connectivity index is 1.65. The number of fused-ring (bicyclic) bond motifs is 1. The summed E-state index contributed by atoms with van der Waals surface area (Å²) in [7, 11) is 0. The molecule has 2 atom stereocenters. The highest BCUT2D eigenvalue weighted by molar-refractivity contribution is 6.04. The second-order valence-electron chi connectivity index (χ2n) is 6.10. The molecule has 2 heterocycles. The van der Waals surface area contributed by atoms with Crippen molar-refractivity contribution in [1.82, 2.24) is 14.9 Å². The molecule has 1 saturated heterocycles. The standard InChI is InChI=1S/C16H18N4O/c17-13-9-20(8-12(13)10-4-5-10)16(21)11-2-1-3-14-15(11)19-7-6-18-14/h1-3,6-7,10,12-13H,4-5,8-9,17H2/t12-,13+/m1/s1. The molecular weight excluding hydrogens is 264 g/mol. The minimum Gasteiger partial charge on any atom is -0.337 e. The summed E-state index contributed by atoms with van der Waals surface area (Å²) in [5.74, 6) is 1.22. The first kappa shape index (κ1) is 12.7. The summed E-state index contributed by atoms with van der Waals surface area (Å²) in [4.78, 5) is 23.3. The van der Waals surface area contributed by atoms with Crippen molar-refractivity contribution in [2.45, 2.75) is 18.9 Å². The van der Waals surface area contributed by atoms with Crippen LogP contribution in [0.4, 0.5) is 0 Å². The number of nitrogens with zero attached hydrogens (tertiary/aromatic N) is 3. The van der Waals surface area contributed by atoms with E-state index < -0.39 is 0 Å². The number of aromatic nitrogens is 2. The van der Waals surface area contributed by atoms with Gasteiger partial charge in [0.25, 0.3) is 5.91 Å². The van der Waals surface area contributed by atoms with Crippen LogP contribution in [0.5, 0.6) is 0 Å². The molecule has 1 aromatic carbocycles. The molecule has 21 heavy (non-hydrogen) atoms. The minimum atomic E-state index is 0.0275. The van der Waals surface area contributed by atoms with Gasteiger partial charge >= 0.3 is 0 Å². The number of carbonyl (C=O) groups is 1. The third kappa shape index (κ3) is 2.17. The Labute approximate surface area is 123 Å². The third-order valence-electron chi connectivity index (χ3n) is 4.66. The molecule has 1 aromatic heterocycles. The topological polar surface area (TPSA) is 72.1 Å². The van der Waals surface area contributed by atoms with E-state index in [1.165, 1.54) is 12.8 Å². The smallest absolute Gasteiger partial charge is 0.256 e. The number of carbonyl (C=O) groups excluding carboxylic acids is 1. The maximum absolute atomic E-state index is 12.8. The number of rotatable bonds is 2. The van der Waals surface area contributed by atoms with Crippen molar-refractivity contribution in [2.75, 3.05) is 13.1 Å². The Morgan fingerprint density at radius 3 is 2.81 bits per heavy atom. The van der Waals surface area contributed by atoms with E-state index in [1.54, 1.807) is 12.4 Å². The number of nitrogens with two attached hydrogens (primary N) is 1. The molecule has 1 amide bonds. The van der Waals surface area contributed by atoms with Crippen LogP contribution >= 0.6 is 0 Å². The van der Waals surface area contributed by atoms with Crippen molar-refractivity contribution in [1.29, 1.82) is 0 Å². The fourth-order valence-electron chi connectivity index (χ4n) is 3.38. The molecule has 108 valence electrons. The molecule has 0 spiro atoms. The summed E-state index contributed by atoms with van der Waals surface area (Å²) in [6.07, 6.45) is 5.80. The van der Waals surface area contributed by atoms with Gasteiger partial charge in [-0.1, -0.05) is 6.07 Å². The lowest BCUT2D eigenvalue weighted by molar-refractivity contribution is 0.0786. The molecule has 1 aliphatic carbocycles. The van der Waals surface area contributed by atoms with Gasteiger partial charge in [-0.05, 0) is 36.8 Å². The van der Waals surface area contributed by atoms with Crippen LogP contribution in [-0.2, 0) is 0 Å². The van der Waals surface area contributed by atoms with Crippen LogP contribution in [0, 0.1) is 11.8 Å². The third-order valence-corrected chi connectivity index (χ3v) is 4.66. The molecule has 5 nitrogen and oxygen atoms in total. The van der Waals surface area contributed by atoms with Crippen LogP contribution in [0.2, 0.25) is 0 Å². The highest BCUT2D eigenvalue weighted by Crippen LogP contribution is 2.41. The molecule has 2 fully saturated rings. The molecule has 4 rings (SSSR count). The van der Waals surface area contributed by atoms with E-state index in [2.05, 4.69) is 9.97 Å². The predicted molar refractivity (Wildman–Crippen MR) is 79.6 cm³/mol. The molecule has 2 N–H and O–H groups in total. The van der Waals surface area contributed by atoms with Crippen molar-refractivity contribution < 1.29 is 4.79 Å². The van der Waals surface area contributed by atoms with Crippen LogP contribution in [0.3, 0.4) is 0 Å². The predicted octanol–water partition coefficient (Wildman–Crippen LogP) is 1.44. The second kappa shape index (κ2) is 4.77. The number of benzene rings is 1. The zero-order valence-corrected chi connectivity index (χ0v) is 11.8. The normalized spacial score (nSPS) is 25.5. The molecule has 0 bridgehead atoms. The summed E-state index contributed by atoms with van der Waals surface area (Å²) in [6.45, 7) is 1.43. The first-order valence-corrected chi connectivity index (χ1v) is 7.48. The monoisotopic (exact) mass is 282 g/mol. The van der Waals surface area contributed by atoms with E-state index in [0.717, 1.165) is 18.0 Å². The van der Waals surface area contributed by atoms with Crippen molar-refractivity contribution in [3.05, 3.63) is 36.2 Å². The van der Waals surface area contributed by atoms with Crippen molar-refractivity contribution in [3.8, 4) is 0 Å². The Hall–Kier alpha value is -2.01. The summed E-state index contributed by atoms with van der Waals surface area (Å²) in [5.41, 5.74) is 8.28. The van der Waals surface area contributed by atoms with Crippen LogP contribution in [0.15, 0.2) is 30.6 Å². The Kier molecular flexibility index (Phi) is 2.89. The second-order valence-corrected chi connectivity index (χ2v) is 6.10. The number of likely N-dealkylation sites (tertiary alicyclic amines) is 1. The van der Waals surface area contributed by atoms with Gasteiger partial charge in [0.2, 0.25) is 0 Å². The van der Waals surface area contributed by atoms with E-state index >= 15 is 0 Å². The zero-order chi connectivity index (χ0) is 14.4. The van der Waals surface area contributed by atoms with Gasteiger partial charge in [0, 0.05) is 31.5 Å². The van der Waals surface area contributed by atoms with E-state index in [0.29, 0.717) is 23.5 Å². The lowest BCUT2D eigenvalue weighted by Crippen LogP contribution is -2.32. The zero-order valence-electron chi connectivity index (χ0n) is 11.8. The molecule has 0 unspecified atom stereocenters. The summed E-state index contributed by atoms with van der Waals surface area (Å²) in [6, 6.07) is 5.68. The largest absolute Gasteiger partial charge is 0.337 e.